The van der Waals surface area contributed by atoms with Crippen molar-refractivity contribution >= 4 is 5.69 Å². The van der Waals surface area contributed by atoms with Gasteiger partial charge in [-0.2, -0.15) is 18.3 Å². The van der Waals surface area contributed by atoms with Crippen molar-refractivity contribution in [3.8, 4) is 16.9 Å². The van der Waals surface area contributed by atoms with Gasteiger partial charge in [0.05, 0.1) is 22.6 Å². The molecule has 6 nitrogen and oxygen atoms in total. The Morgan fingerprint density at radius 2 is 1.88 bits per heavy atom. The number of nitro groups is 1. The zero-order valence-corrected chi connectivity index (χ0v) is 12.6. The van der Waals surface area contributed by atoms with Crippen LogP contribution in [0.2, 0.25) is 0 Å². The number of hydrogen-bond acceptors (Lipinski definition) is 4. The molecular formula is C16H10F3N3O3. The molecule has 0 saturated carbocycles. The van der Waals surface area contributed by atoms with E-state index in [2.05, 4.69) is 5.10 Å². The first-order valence-electron chi connectivity index (χ1n) is 7.37. The number of halogens is 3. The smallest absolute Gasteiger partial charge is 0.435 e. The number of fused-ring (bicyclic) bond motifs is 3. The molecule has 1 aromatic carbocycles. The summed E-state index contributed by atoms with van der Waals surface area (Å²) in [6, 6.07) is 6.82. The van der Waals surface area contributed by atoms with Crippen LogP contribution in [0.25, 0.3) is 16.9 Å². The van der Waals surface area contributed by atoms with Crippen LogP contribution in [0, 0.1) is 10.1 Å². The van der Waals surface area contributed by atoms with E-state index < -0.39 is 16.8 Å². The third kappa shape index (κ3) is 2.39. The summed E-state index contributed by atoms with van der Waals surface area (Å²) in [4.78, 5) is 10.2. The lowest BCUT2D eigenvalue weighted by molar-refractivity contribution is -0.384. The first-order chi connectivity index (χ1) is 11.9. The number of non-ortho nitro benzene ring substituents is 1. The molecule has 0 N–H and O–H groups in total. The normalized spacial score (nSPS) is 13.4. The summed E-state index contributed by atoms with van der Waals surface area (Å²) >= 11 is 0. The van der Waals surface area contributed by atoms with Gasteiger partial charge < -0.3 is 4.42 Å². The highest BCUT2D eigenvalue weighted by Gasteiger charge is 2.41. The molecule has 0 amide bonds. The number of aryl methyl sites for hydroxylation is 1. The van der Waals surface area contributed by atoms with Gasteiger partial charge in [-0.1, -0.05) is 0 Å². The monoisotopic (exact) mass is 349 g/mol. The van der Waals surface area contributed by atoms with Gasteiger partial charge in [-0.3, -0.25) is 10.1 Å². The van der Waals surface area contributed by atoms with Crippen molar-refractivity contribution in [3.05, 3.63) is 63.7 Å². The maximum Gasteiger partial charge on any atom is 0.435 e. The molecule has 3 aromatic rings. The van der Waals surface area contributed by atoms with Crippen LogP contribution in [0.15, 0.2) is 41.0 Å². The van der Waals surface area contributed by atoms with Gasteiger partial charge in [0.15, 0.2) is 5.69 Å². The first-order valence-corrected chi connectivity index (χ1v) is 7.37. The SMILES string of the molecule is O=[N+]([O-])c1ccc(-n2nc(C(F)(F)F)c3c2-c2ccoc2CC3)cc1. The zero-order chi connectivity index (χ0) is 17.8. The van der Waals surface area contributed by atoms with Crippen molar-refractivity contribution in [2.75, 3.05) is 0 Å². The van der Waals surface area contributed by atoms with Gasteiger partial charge in [0, 0.05) is 29.7 Å². The molecule has 0 radical (unpaired) electrons. The van der Waals surface area contributed by atoms with E-state index in [1.807, 2.05) is 0 Å². The molecular weight excluding hydrogens is 339 g/mol. The van der Waals surface area contributed by atoms with Gasteiger partial charge in [-0.05, 0) is 24.6 Å². The fourth-order valence-electron chi connectivity index (χ4n) is 3.08. The molecule has 0 aliphatic heterocycles. The molecule has 0 atom stereocenters. The molecule has 0 saturated heterocycles. The third-order valence-corrected chi connectivity index (χ3v) is 4.16. The molecule has 4 rings (SSSR count). The lowest BCUT2D eigenvalue weighted by atomic mass is 9.94. The van der Waals surface area contributed by atoms with Gasteiger partial charge in [-0.15, -0.1) is 0 Å². The van der Waals surface area contributed by atoms with E-state index in [-0.39, 0.29) is 17.7 Å². The van der Waals surface area contributed by atoms with E-state index in [0.717, 1.165) is 0 Å². The van der Waals surface area contributed by atoms with Crippen molar-refractivity contribution in [1.82, 2.24) is 9.78 Å². The minimum absolute atomic E-state index is 0.111. The highest BCUT2D eigenvalue weighted by Crippen LogP contribution is 2.42. The van der Waals surface area contributed by atoms with E-state index in [9.17, 15) is 23.3 Å². The molecule has 2 aromatic heterocycles. The van der Waals surface area contributed by atoms with Crippen LogP contribution < -0.4 is 0 Å². The van der Waals surface area contributed by atoms with E-state index in [1.165, 1.54) is 35.2 Å². The van der Waals surface area contributed by atoms with Gasteiger partial charge in [0.1, 0.15) is 5.76 Å². The van der Waals surface area contributed by atoms with E-state index in [0.29, 0.717) is 29.1 Å². The Morgan fingerprint density at radius 1 is 1.16 bits per heavy atom. The number of nitro benzene ring substituents is 1. The summed E-state index contributed by atoms with van der Waals surface area (Å²) in [5.74, 6) is 0.601. The lowest BCUT2D eigenvalue weighted by Gasteiger charge is -2.14. The van der Waals surface area contributed by atoms with Crippen molar-refractivity contribution in [2.45, 2.75) is 19.0 Å². The van der Waals surface area contributed by atoms with Crippen LogP contribution in [0.3, 0.4) is 0 Å². The van der Waals surface area contributed by atoms with Crippen molar-refractivity contribution in [3.63, 3.8) is 0 Å². The summed E-state index contributed by atoms with van der Waals surface area (Å²) in [5, 5.41) is 14.5. The second-order valence-corrected chi connectivity index (χ2v) is 5.62. The fraction of sp³-hybridized carbons (Fsp3) is 0.188. The predicted octanol–water partition coefficient (Wildman–Crippen LogP) is 4.16. The first kappa shape index (κ1) is 15.4. The van der Waals surface area contributed by atoms with Crippen molar-refractivity contribution in [2.24, 2.45) is 0 Å². The second-order valence-electron chi connectivity index (χ2n) is 5.62. The van der Waals surface area contributed by atoms with E-state index in [1.54, 1.807) is 6.07 Å². The summed E-state index contributed by atoms with van der Waals surface area (Å²) in [7, 11) is 0. The maximum absolute atomic E-state index is 13.4. The largest absolute Gasteiger partial charge is 0.469 e. The molecule has 0 spiro atoms. The van der Waals surface area contributed by atoms with Crippen LogP contribution >= 0.6 is 0 Å². The average Bonchev–Trinajstić information content (AvgIpc) is 3.18. The summed E-state index contributed by atoms with van der Waals surface area (Å²) < 4.78 is 46.7. The topological polar surface area (TPSA) is 74.1 Å². The van der Waals surface area contributed by atoms with Crippen LogP contribution in [0.5, 0.6) is 0 Å². The molecule has 1 aliphatic carbocycles. The number of aromatic nitrogens is 2. The number of nitrogens with zero attached hydrogens (tertiary/aromatic N) is 3. The lowest BCUT2D eigenvalue weighted by Crippen LogP contribution is -2.11. The highest BCUT2D eigenvalue weighted by atomic mass is 19.4. The number of rotatable bonds is 2. The Hall–Kier alpha value is -3.10. The van der Waals surface area contributed by atoms with Crippen LogP contribution in [-0.4, -0.2) is 14.7 Å². The minimum atomic E-state index is -4.59. The summed E-state index contributed by atoms with van der Waals surface area (Å²) in [6.45, 7) is 0. The van der Waals surface area contributed by atoms with Crippen LogP contribution in [-0.2, 0) is 19.0 Å². The minimum Gasteiger partial charge on any atom is -0.469 e. The molecule has 9 heteroatoms. The van der Waals surface area contributed by atoms with Gasteiger partial charge >= 0.3 is 6.18 Å². The van der Waals surface area contributed by atoms with Crippen LogP contribution in [0.4, 0.5) is 18.9 Å². The number of benzene rings is 1. The molecule has 0 bridgehead atoms. The molecule has 1 aliphatic rings. The number of alkyl halides is 3. The quantitative estimate of drug-likeness (QED) is 0.514. The average molecular weight is 349 g/mol. The second kappa shape index (κ2) is 5.20. The summed E-state index contributed by atoms with van der Waals surface area (Å²) in [5.41, 5.74) is 0.211. The molecule has 0 unspecified atom stereocenters. The Bertz CT molecular complexity index is 971. The van der Waals surface area contributed by atoms with Crippen molar-refractivity contribution < 1.29 is 22.5 Å². The van der Waals surface area contributed by atoms with Crippen LogP contribution in [0.1, 0.15) is 17.0 Å². The Balaban J connectivity index is 1.94. The summed E-state index contributed by atoms with van der Waals surface area (Å²) in [6.07, 6.45) is -2.63. The Labute approximate surface area is 138 Å². The molecule has 25 heavy (non-hydrogen) atoms. The van der Waals surface area contributed by atoms with Gasteiger partial charge in [0.2, 0.25) is 0 Å². The highest BCUT2D eigenvalue weighted by molar-refractivity contribution is 5.71. The molecule has 0 fully saturated rings. The Kier molecular flexibility index (Phi) is 3.21. The predicted molar refractivity (Wildman–Crippen MR) is 80.3 cm³/mol. The third-order valence-electron chi connectivity index (χ3n) is 4.16. The van der Waals surface area contributed by atoms with Crippen molar-refractivity contribution in [1.29, 1.82) is 0 Å². The number of hydrogen-bond donors (Lipinski definition) is 0. The molecule has 2 heterocycles. The van der Waals surface area contributed by atoms with E-state index in [4.69, 9.17) is 4.42 Å². The fourth-order valence-corrected chi connectivity index (χ4v) is 3.08. The van der Waals surface area contributed by atoms with Gasteiger partial charge in [-0.25, -0.2) is 4.68 Å². The maximum atomic E-state index is 13.4. The van der Waals surface area contributed by atoms with Gasteiger partial charge in [0.25, 0.3) is 5.69 Å². The van der Waals surface area contributed by atoms with E-state index >= 15 is 0 Å². The molecule has 128 valence electrons. The number of furan rings is 1. The zero-order valence-electron chi connectivity index (χ0n) is 12.6. The Morgan fingerprint density at radius 3 is 2.52 bits per heavy atom. The standard InChI is InChI=1S/C16H10F3N3O3/c17-16(18,19)15-12-5-6-13-11(7-8-25-13)14(12)21(20-15)9-1-3-10(4-2-9)22(23)24/h1-4,7-8H,5-6H2.